The molecule has 1 aliphatic carbocycles. The summed E-state index contributed by atoms with van der Waals surface area (Å²) in [6, 6.07) is 0. The number of nitrogens with zero attached hydrogens (tertiary/aromatic N) is 3. The van der Waals surface area contributed by atoms with E-state index in [1.54, 1.807) is 22.5 Å². The van der Waals surface area contributed by atoms with Crippen LogP contribution in [0.4, 0.5) is 13.2 Å². The van der Waals surface area contributed by atoms with E-state index in [1.165, 1.54) is 11.3 Å². The third-order valence-electron chi connectivity index (χ3n) is 5.68. The SMILES string of the molecule is C[C@H]1Cc2oc(C(=O)NCc3nccs3)c(C(F)(F)F)c2-c2nn(C[C@H]3COCCO3)cc21. The lowest BCUT2D eigenvalue weighted by Gasteiger charge is -2.22. The van der Waals surface area contributed by atoms with Crippen LogP contribution in [0.5, 0.6) is 0 Å². The van der Waals surface area contributed by atoms with Crippen LogP contribution >= 0.6 is 11.3 Å². The smallest absolute Gasteiger partial charge is 0.420 e. The molecule has 0 radical (unpaired) electrons. The highest BCUT2D eigenvalue weighted by Crippen LogP contribution is 2.48. The van der Waals surface area contributed by atoms with Crippen molar-refractivity contribution in [1.82, 2.24) is 20.1 Å². The number of thiazole rings is 1. The van der Waals surface area contributed by atoms with Gasteiger partial charge in [0.2, 0.25) is 5.76 Å². The van der Waals surface area contributed by atoms with Crippen LogP contribution in [0.2, 0.25) is 0 Å². The minimum absolute atomic E-state index is 0.0128. The minimum Gasteiger partial charge on any atom is -0.455 e. The summed E-state index contributed by atoms with van der Waals surface area (Å²) in [5.74, 6) is -1.69. The zero-order chi connectivity index (χ0) is 23.2. The molecule has 176 valence electrons. The highest BCUT2D eigenvalue weighted by Gasteiger charge is 2.46. The minimum atomic E-state index is -4.80. The highest BCUT2D eigenvalue weighted by molar-refractivity contribution is 7.09. The molecule has 3 aromatic heterocycles. The van der Waals surface area contributed by atoms with Gasteiger partial charge in [-0.1, -0.05) is 6.92 Å². The number of carbonyl (C=O) groups excluding carboxylic acids is 1. The lowest BCUT2D eigenvalue weighted by molar-refractivity contribution is -0.137. The van der Waals surface area contributed by atoms with Crippen LogP contribution in [0.15, 0.2) is 22.2 Å². The molecule has 0 unspecified atom stereocenters. The Morgan fingerprint density at radius 1 is 1.36 bits per heavy atom. The predicted molar refractivity (Wildman–Crippen MR) is 111 cm³/mol. The molecular formula is C21H21F3N4O4S. The molecule has 5 rings (SSSR count). The van der Waals surface area contributed by atoms with Crippen molar-refractivity contribution in [2.24, 2.45) is 0 Å². The Labute approximate surface area is 190 Å². The molecule has 0 spiro atoms. The number of halogens is 3. The summed E-state index contributed by atoms with van der Waals surface area (Å²) in [4.78, 5) is 16.7. The maximum atomic E-state index is 14.2. The molecule has 1 N–H and O–H groups in total. The lowest BCUT2D eigenvalue weighted by Crippen LogP contribution is -2.32. The summed E-state index contributed by atoms with van der Waals surface area (Å²) in [7, 11) is 0. The van der Waals surface area contributed by atoms with Crippen molar-refractivity contribution in [1.29, 1.82) is 0 Å². The van der Waals surface area contributed by atoms with Crippen molar-refractivity contribution in [2.45, 2.75) is 44.6 Å². The molecule has 8 nitrogen and oxygen atoms in total. The molecule has 33 heavy (non-hydrogen) atoms. The van der Waals surface area contributed by atoms with Crippen molar-refractivity contribution in [3.05, 3.63) is 45.4 Å². The third kappa shape index (κ3) is 4.30. The maximum Gasteiger partial charge on any atom is 0.420 e. The second-order valence-electron chi connectivity index (χ2n) is 8.04. The van der Waals surface area contributed by atoms with Crippen LogP contribution in [-0.4, -0.2) is 46.6 Å². The van der Waals surface area contributed by atoms with Crippen LogP contribution in [0.3, 0.4) is 0 Å². The number of amides is 1. The molecule has 1 aliphatic heterocycles. The van der Waals surface area contributed by atoms with Crippen molar-refractivity contribution in [2.75, 3.05) is 19.8 Å². The number of alkyl halides is 3. The Hall–Kier alpha value is -2.70. The normalized spacial score (nSPS) is 20.4. The van der Waals surface area contributed by atoms with Crippen molar-refractivity contribution < 1.29 is 31.9 Å². The second kappa shape index (κ2) is 8.58. The van der Waals surface area contributed by atoms with E-state index in [0.717, 1.165) is 0 Å². The Balaban J connectivity index is 1.50. The van der Waals surface area contributed by atoms with Gasteiger partial charge in [-0.2, -0.15) is 18.3 Å². The first-order chi connectivity index (χ1) is 15.8. The molecule has 0 bridgehead atoms. The number of hydrogen-bond acceptors (Lipinski definition) is 7. The van der Waals surface area contributed by atoms with Crippen LogP contribution < -0.4 is 5.32 Å². The zero-order valence-electron chi connectivity index (χ0n) is 17.6. The molecule has 12 heteroatoms. The Kier molecular flexibility index (Phi) is 5.75. The van der Waals surface area contributed by atoms with Gasteiger partial charge in [-0.05, 0) is 5.92 Å². The molecule has 4 heterocycles. The number of aromatic nitrogens is 3. The molecule has 2 atom stereocenters. The van der Waals surface area contributed by atoms with Crippen LogP contribution in [0, 0.1) is 0 Å². The standard InChI is InChI=1S/C21H21F3N4O4S/c1-11-6-14-16(18-13(11)9-28(27-18)8-12-10-30-3-4-31-12)17(21(22,23)24)19(32-14)20(29)26-7-15-25-2-5-33-15/h2,5,9,11-12H,3-4,6-8,10H2,1H3,(H,26,29)/t11-,12-/m0/s1. The second-order valence-corrected chi connectivity index (χ2v) is 9.02. The fourth-order valence-electron chi connectivity index (χ4n) is 4.20. The van der Waals surface area contributed by atoms with Gasteiger partial charge in [-0.25, -0.2) is 4.98 Å². The number of ether oxygens (including phenoxy) is 2. The van der Waals surface area contributed by atoms with Crippen molar-refractivity contribution >= 4 is 17.2 Å². The first-order valence-electron chi connectivity index (χ1n) is 10.5. The van der Waals surface area contributed by atoms with Gasteiger partial charge in [0.15, 0.2) is 0 Å². The van der Waals surface area contributed by atoms with Crippen LogP contribution in [0.1, 0.15) is 45.3 Å². The van der Waals surface area contributed by atoms with E-state index in [4.69, 9.17) is 13.9 Å². The molecule has 1 fully saturated rings. The first kappa shape index (κ1) is 22.1. The Morgan fingerprint density at radius 3 is 2.91 bits per heavy atom. The van der Waals surface area contributed by atoms with Gasteiger partial charge in [-0.15, -0.1) is 11.3 Å². The summed E-state index contributed by atoms with van der Waals surface area (Å²) >= 11 is 1.29. The summed E-state index contributed by atoms with van der Waals surface area (Å²) in [5, 5.41) is 9.23. The van der Waals surface area contributed by atoms with Gasteiger partial charge in [0.25, 0.3) is 5.91 Å². The number of hydrogen-bond donors (Lipinski definition) is 1. The average molecular weight is 482 g/mol. The molecule has 1 amide bonds. The zero-order valence-corrected chi connectivity index (χ0v) is 18.5. The lowest BCUT2D eigenvalue weighted by atomic mass is 9.86. The average Bonchev–Trinajstić information content (AvgIpc) is 3.50. The topological polar surface area (TPSA) is 91.4 Å². The first-order valence-corrected chi connectivity index (χ1v) is 11.4. The molecule has 0 aromatic carbocycles. The quantitative estimate of drug-likeness (QED) is 0.597. The van der Waals surface area contributed by atoms with E-state index < -0.39 is 23.4 Å². The molecule has 0 saturated carbocycles. The number of nitrogens with one attached hydrogen (secondary N) is 1. The molecule has 2 aliphatic rings. The van der Waals surface area contributed by atoms with Crippen LogP contribution in [-0.2, 0) is 35.2 Å². The van der Waals surface area contributed by atoms with E-state index in [0.29, 0.717) is 36.9 Å². The van der Waals surface area contributed by atoms with E-state index >= 15 is 0 Å². The van der Waals surface area contributed by atoms with E-state index in [-0.39, 0.29) is 42.0 Å². The summed E-state index contributed by atoms with van der Waals surface area (Å²) in [5.41, 5.74) is -0.379. The summed E-state index contributed by atoms with van der Waals surface area (Å²) in [6.07, 6.45) is -1.49. The summed E-state index contributed by atoms with van der Waals surface area (Å²) < 4.78 is 60.7. The van der Waals surface area contributed by atoms with E-state index in [2.05, 4.69) is 15.4 Å². The Bertz CT molecular complexity index is 1150. The molecule has 1 saturated heterocycles. The van der Waals surface area contributed by atoms with Gasteiger partial charge < -0.3 is 19.2 Å². The predicted octanol–water partition coefficient (Wildman–Crippen LogP) is 3.62. The fraction of sp³-hybridized carbons (Fsp3) is 0.476. The van der Waals surface area contributed by atoms with E-state index in [1.807, 2.05) is 6.92 Å². The van der Waals surface area contributed by atoms with Gasteiger partial charge in [0, 0.05) is 29.8 Å². The maximum absolute atomic E-state index is 14.2. The van der Waals surface area contributed by atoms with E-state index in [9.17, 15) is 18.0 Å². The van der Waals surface area contributed by atoms with Gasteiger partial charge in [-0.3, -0.25) is 9.48 Å². The van der Waals surface area contributed by atoms with Gasteiger partial charge >= 0.3 is 6.18 Å². The highest BCUT2D eigenvalue weighted by atomic mass is 32.1. The molecule has 3 aromatic rings. The number of rotatable bonds is 5. The summed E-state index contributed by atoms with van der Waals surface area (Å²) in [6.45, 7) is 3.64. The number of furan rings is 1. The Morgan fingerprint density at radius 2 is 2.21 bits per heavy atom. The van der Waals surface area contributed by atoms with Gasteiger partial charge in [0.05, 0.1) is 44.2 Å². The fourth-order valence-corrected chi connectivity index (χ4v) is 4.76. The monoisotopic (exact) mass is 482 g/mol. The van der Waals surface area contributed by atoms with Crippen molar-refractivity contribution in [3.63, 3.8) is 0 Å². The number of fused-ring (bicyclic) bond motifs is 3. The van der Waals surface area contributed by atoms with Gasteiger partial charge in [0.1, 0.15) is 22.4 Å². The third-order valence-corrected chi connectivity index (χ3v) is 6.46. The largest absolute Gasteiger partial charge is 0.455 e. The number of carbonyl (C=O) groups is 1. The van der Waals surface area contributed by atoms with Crippen molar-refractivity contribution in [3.8, 4) is 11.3 Å². The molecular weight excluding hydrogens is 461 g/mol. The van der Waals surface area contributed by atoms with Crippen LogP contribution in [0.25, 0.3) is 11.3 Å².